The first-order chi connectivity index (χ1) is 19.0. The normalized spacial score (nSPS) is 20.7. The maximum atomic E-state index is 13.9. The van der Waals surface area contributed by atoms with E-state index in [1.165, 1.54) is 11.9 Å². The molecule has 1 spiro atoms. The molecule has 2 aromatic heterocycles. The number of nitrogens with one attached hydrogen (secondary N) is 1. The number of aromatic nitrogens is 3. The Morgan fingerprint density at radius 2 is 1.82 bits per heavy atom. The minimum atomic E-state index is -0.152. The number of amides is 2. The molecule has 0 bridgehead atoms. The Bertz CT molecular complexity index is 1430. The average Bonchev–Trinajstić information content (AvgIpc) is 3.49. The number of para-hydroxylation sites is 1. The highest BCUT2D eigenvalue weighted by molar-refractivity contribution is 7.04. The van der Waals surface area contributed by atoms with Gasteiger partial charge in [-0.3, -0.25) is 9.59 Å². The third-order valence-electron chi connectivity index (χ3n) is 9.32. The number of piperidine rings is 2. The molecule has 1 N–H and O–H groups in total. The quantitative estimate of drug-likeness (QED) is 0.530. The average molecular weight is 521 g/mol. The number of pyridine rings is 1. The molecule has 1 aromatic carbocycles. The summed E-state index contributed by atoms with van der Waals surface area (Å²) in [5.74, 6) is 1.70. The van der Waals surface area contributed by atoms with Gasteiger partial charge in [0.15, 0.2) is 5.81 Å². The van der Waals surface area contributed by atoms with Crippen LogP contribution in [-0.2, 0) is 5.41 Å². The maximum absolute atomic E-state index is 13.9. The minimum absolute atomic E-state index is 0.0111. The van der Waals surface area contributed by atoms with Crippen LogP contribution in [0.3, 0.4) is 0 Å². The highest BCUT2D eigenvalue weighted by atomic mass is 16.2. The molecule has 0 aliphatic carbocycles. The van der Waals surface area contributed by atoms with E-state index >= 15 is 0 Å². The van der Waals surface area contributed by atoms with E-state index in [0.717, 1.165) is 68.8 Å². The second kappa shape index (κ2) is 9.45. The van der Waals surface area contributed by atoms with Crippen molar-refractivity contribution in [2.45, 2.75) is 36.9 Å². The Morgan fingerprint density at radius 1 is 1.03 bits per heavy atom. The fourth-order valence-corrected chi connectivity index (χ4v) is 7.10. The Kier molecular flexibility index (Phi) is 5.88. The summed E-state index contributed by atoms with van der Waals surface area (Å²) in [5.41, 5.74) is 3.74. The summed E-state index contributed by atoms with van der Waals surface area (Å²) in [7, 11) is 2.17. The highest BCUT2D eigenvalue weighted by Gasteiger charge is 2.46. The van der Waals surface area contributed by atoms with Gasteiger partial charge in [-0.25, -0.2) is 15.0 Å². The number of hydrogen-bond acceptors (Lipinski definition) is 7. The molecule has 39 heavy (non-hydrogen) atoms. The van der Waals surface area contributed by atoms with Crippen molar-refractivity contribution in [1.82, 2.24) is 19.9 Å². The molecule has 0 atom stereocenters. The maximum Gasteiger partial charge on any atom is 0.292 e. The minimum Gasteiger partial charge on any atom is -0.357 e. The number of carbonyl (C=O) groups is 2. The number of benzene rings is 1. The smallest absolute Gasteiger partial charge is 0.292 e. The lowest BCUT2D eigenvalue weighted by atomic mass is 9.36. The molecule has 9 nitrogen and oxygen atoms in total. The van der Waals surface area contributed by atoms with Crippen molar-refractivity contribution in [3.63, 3.8) is 0 Å². The molecular formula is C29H32BN7O2. The summed E-state index contributed by atoms with van der Waals surface area (Å²) in [6.07, 6.45) is 7.06. The Balaban J connectivity index is 1.08. The number of likely N-dealkylation sites (tertiary alicyclic amines) is 1. The van der Waals surface area contributed by atoms with Crippen molar-refractivity contribution in [3.8, 4) is 0 Å². The van der Waals surface area contributed by atoms with Gasteiger partial charge >= 0.3 is 0 Å². The fraction of sp³-hybridized carbons (Fsp3) is 0.414. The van der Waals surface area contributed by atoms with Crippen molar-refractivity contribution in [2.75, 3.05) is 54.9 Å². The lowest BCUT2D eigenvalue weighted by Gasteiger charge is -2.38. The summed E-state index contributed by atoms with van der Waals surface area (Å²) in [6.45, 7) is 4.17. The van der Waals surface area contributed by atoms with Gasteiger partial charge in [0.05, 0.1) is 0 Å². The topological polar surface area (TPSA) is 94.6 Å². The van der Waals surface area contributed by atoms with Gasteiger partial charge in [0, 0.05) is 43.0 Å². The third-order valence-corrected chi connectivity index (χ3v) is 9.32. The number of hydrogen-bond donors (Lipinski definition) is 1. The SMILES string of the molecule is CN1CCC2(CC1)CN(C(=O)c1cc(N3CCC(B4C(=O)Nc5ncccc54)CC3)ncn1)c1ccccc12. The predicted octanol–water partition coefficient (Wildman–Crippen LogP) is 3.00. The second-order valence-electron chi connectivity index (χ2n) is 11.5. The van der Waals surface area contributed by atoms with Gasteiger partial charge in [0.1, 0.15) is 23.7 Å². The molecule has 2 saturated heterocycles. The van der Waals surface area contributed by atoms with Crippen molar-refractivity contribution in [2.24, 2.45) is 0 Å². The largest absolute Gasteiger partial charge is 0.357 e. The van der Waals surface area contributed by atoms with Gasteiger partial charge in [-0.1, -0.05) is 24.3 Å². The predicted molar refractivity (Wildman–Crippen MR) is 152 cm³/mol. The van der Waals surface area contributed by atoms with Crippen molar-refractivity contribution in [1.29, 1.82) is 0 Å². The summed E-state index contributed by atoms with van der Waals surface area (Å²) in [5, 5.41) is 2.94. The van der Waals surface area contributed by atoms with Crippen LogP contribution in [0.15, 0.2) is 55.0 Å². The van der Waals surface area contributed by atoms with Gasteiger partial charge in [0.25, 0.3) is 12.6 Å². The molecule has 7 rings (SSSR count). The molecule has 4 aliphatic rings. The molecular weight excluding hydrogens is 489 g/mol. The number of anilines is 3. The number of carbonyl (C=O) groups excluding carboxylic acids is 2. The van der Waals surface area contributed by atoms with Gasteiger partial charge in [-0.05, 0) is 74.8 Å². The van der Waals surface area contributed by atoms with E-state index in [9.17, 15) is 9.59 Å². The monoisotopic (exact) mass is 521 g/mol. The van der Waals surface area contributed by atoms with E-state index in [1.54, 1.807) is 6.20 Å². The van der Waals surface area contributed by atoms with Crippen LogP contribution in [0, 0.1) is 0 Å². The zero-order valence-corrected chi connectivity index (χ0v) is 22.2. The fourth-order valence-electron chi connectivity index (χ4n) is 7.10. The van der Waals surface area contributed by atoms with Crippen molar-refractivity contribution in [3.05, 3.63) is 66.2 Å². The standard InChI is InChI=1S/C29H32BN7O2/c1-35-15-10-29(11-16-35)18-37(24-7-3-2-5-21(24)29)27(38)23-17-25(33-19-32-23)36-13-8-20(9-14-36)30-22-6-4-12-31-26(22)34-28(30)39/h2-7,12,17,19-20H,8-11,13-16,18H2,1H3,(H,31,34,39). The molecule has 0 unspecified atom stereocenters. The van der Waals surface area contributed by atoms with Crippen LogP contribution in [0.2, 0.25) is 5.82 Å². The zero-order chi connectivity index (χ0) is 26.6. The van der Waals surface area contributed by atoms with Crippen LogP contribution in [-0.4, -0.2) is 78.0 Å². The molecule has 198 valence electrons. The Hall–Kier alpha value is -3.79. The Labute approximate surface area is 228 Å². The van der Waals surface area contributed by atoms with Crippen LogP contribution in [0.4, 0.5) is 22.1 Å². The first-order valence-electron chi connectivity index (χ1n) is 14.0. The summed E-state index contributed by atoms with van der Waals surface area (Å²) in [4.78, 5) is 46.4. The summed E-state index contributed by atoms with van der Waals surface area (Å²) < 4.78 is 0. The van der Waals surface area contributed by atoms with Crippen molar-refractivity contribution < 1.29 is 9.59 Å². The Morgan fingerprint density at radius 3 is 2.64 bits per heavy atom. The summed E-state index contributed by atoms with van der Waals surface area (Å²) >= 11 is 0. The molecule has 3 aromatic rings. The molecule has 0 radical (unpaired) electrons. The van der Waals surface area contributed by atoms with E-state index in [2.05, 4.69) is 55.3 Å². The molecule has 2 amide bonds. The molecule has 10 heteroatoms. The second-order valence-corrected chi connectivity index (χ2v) is 11.5. The number of fused-ring (bicyclic) bond motifs is 3. The van der Waals surface area contributed by atoms with Crippen LogP contribution < -0.4 is 20.6 Å². The van der Waals surface area contributed by atoms with E-state index in [1.807, 2.05) is 29.2 Å². The number of rotatable bonds is 3. The van der Waals surface area contributed by atoms with E-state index in [0.29, 0.717) is 18.1 Å². The van der Waals surface area contributed by atoms with Gasteiger partial charge in [-0.2, -0.15) is 0 Å². The first-order valence-corrected chi connectivity index (χ1v) is 14.0. The lowest BCUT2D eigenvalue weighted by Crippen LogP contribution is -2.45. The van der Waals surface area contributed by atoms with Crippen LogP contribution in [0.5, 0.6) is 0 Å². The van der Waals surface area contributed by atoms with Crippen LogP contribution >= 0.6 is 0 Å². The van der Waals surface area contributed by atoms with Crippen LogP contribution in [0.1, 0.15) is 41.7 Å². The molecule has 6 heterocycles. The zero-order valence-electron chi connectivity index (χ0n) is 22.2. The first kappa shape index (κ1) is 24.3. The van der Waals surface area contributed by atoms with Crippen LogP contribution in [0.25, 0.3) is 0 Å². The van der Waals surface area contributed by atoms with E-state index in [-0.39, 0.29) is 29.7 Å². The molecule has 0 saturated carbocycles. The highest BCUT2D eigenvalue weighted by Crippen LogP contribution is 2.47. The van der Waals surface area contributed by atoms with Gasteiger partial charge in [0.2, 0.25) is 0 Å². The third kappa shape index (κ3) is 4.09. The number of nitrogens with zero attached hydrogens (tertiary/aromatic N) is 6. The summed E-state index contributed by atoms with van der Waals surface area (Å²) in [6, 6.07) is 14.1. The van der Waals surface area contributed by atoms with Gasteiger partial charge < -0.3 is 20.0 Å². The molecule has 4 aliphatic heterocycles. The van der Waals surface area contributed by atoms with Gasteiger partial charge in [-0.15, -0.1) is 0 Å². The van der Waals surface area contributed by atoms with E-state index < -0.39 is 0 Å². The lowest BCUT2D eigenvalue weighted by molar-refractivity contribution is 0.0974. The van der Waals surface area contributed by atoms with Crippen molar-refractivity contribution >= 4 is 41.2 Å². The molecule has 2 fully saturated rings. The van der Waals surface area contributed by atoms with E-state index in [4.69, 9.17) is 0 Å².